The minimum Gasteiger partial charge on any atom is -0.335 e. The maximum atomic E-state index is 12.8. The van der Waals surface area contributed by atoms with Gasteiger partial charge in [0, 0.05) is 38.4 Å². The zero-order valence-corrected chi connectivity index (χ0v) is 16.1. The predicted molar refractivity (Wildman–Crippen MR) is 106 cm³/mol. The predicted octanol–water partition coefficient (Wildman–Crippen LogP) is 2.67. The van der Waals surface area contributed by atoms with E-state index < -0.39 is 0 Å². The van der Waals surface area contributed by atoms with Gasteiger partial charge in [0.25, 0.3) is 5.91 Å². The highest BCUT2D eigenvalue weighted by molar-refractivity contribution is 5.94. The van der Waals surface area contributed by atoms with Crippen LogP contribution in [0.25, 0.3) is 5.69 Å². The Hall–Kier alpha value is -2.83. The van der Waals surface area contributed by atoms with Gasteiger partial charge in [-0.2, -0.15) is 5.10 Å². The first-order chi connectivity index (χ1) is 13.7. The van der Waals surface area contributed by atoms with Gasteiger partial charge in [-0.1, -0.05) is 37.5 Å². The maximum Gasteiger partial charge on any atom is 0.317 e. The monoisotopic (exact) mass is 381 g/mol. The van der Waals surface area contributed by atoms with Gasteiger partial charge in [-0.15, -0.1) is 0 Å². The fraction of sp³-hybridized carbons (Fsp3) is 0.476. The van der Waals surface area contributed by atoms with Crippen molar-refractivity contribution in [2.24, 2.45) is 0 Å². The number of carbonyl (C=O) groups is 2. The minimum absolute atomic E-state index is 0.0101. The number of aromatic nitrogens is 2. The van der Waals surface area contributed by atoms with Crippen LogP contribution in [0.2, 0.25) is 0 Å². The molecule has 0 atom stereocenters. The first-order valence-electron chi connectivity index (χ1n) is 10.2. The van der Waals surface area contributed by atoms with Crippen molar-refractivity contribution >= 4 is 11.9 Å². The van der Waals surface area contributed by atoms with Crippen LogP contribution in [-0.2, 0) is 0 Å². The van der Waals surface area contributed by atoms with E-state index in [-0.39, 0.29) is 11.9 Å². The summed E-state index contributed by atoms with van der Waals surface area (Å²) in [6.07, 6.45) is 9.20. The molecule has 2 aliphatic rings. The highest BCUT2D eigenvalue weighted by atomic mass is 16.2. The Morgan fingerprint density at radius 3 is 2.32 bits per heavy atom. The standard InChI is InChI=1S/C21H27N5O2/c27-20(17-15-22-26(16-17)19-9-5-2-6-10-19)24-11-13-25(14-12-24)21(28)23-18-7-3-1-4-8-18/h2,5-6,9-10,15-16,18H,1,3-4,7-8,11-14H2,(H,23,28). The average molecular weight is 381 g/mol. The number of para-hydroxylation sites is 1. The largest absolute Gasteiger partial charge is 0.335 e. The zero-order chi connectivity index (χ0) is 19.3. The van der Waals surface area contributed by atoms with Crippen molar-refractivity contribution in [3.63, 3.8) is 0 Å². The number of rotatable bonds is 3. The first kappa shape index (κ1) is 18.5. The molecular formula is C21H27N5O2. The number of benzene rings is 1. The van der Waals surface area contributed by atoms with E-state index >= 15 is 0 Å². The fourth-order valence-corrected chi connectivity index (χ4v) is 3.96. The topological polar surface area (TPSA) is 70.5 Å². The van der Waals surface area contributed by atoms with Crippen molar-refractivity contribution in [2.75, 3.05) is 26.2 Å². The third-order valence-electron chi connectivity index (χ3n) is 5.64. The lowest BCUT2D eigenvalue weighted by Gasteiger charge is -2.35. The number of hydrogen-bond donors (Lipinski definition) is 1. The number of nitrogens with zero attached hydrogens (tertiary/aromatic N) is 4. The number of nitrogens with one attached hydrogen (secondary N) is 1. The lowest BCUT2D eigenvalue weighted by atomic mass is 9.96. The number of urea groups is 1. The number of piperazine rings is 1. The van der Waals surface area contributed by atoms with Crippen molar-refractivity contribution in [1.29, 1.82) is 0 Å². The molecule has 2 fully saturated rings. The van der Waals surface area contributed by atoms with Crippen molar-refractivity contribution in [3.05, 3.63) is 48.3 Å². The van der Waals surface area contributed by atoms with E-state index in [1.165, 1.54) is 19.3 Å². The van der Waals surface area contributed by atoms with Gasteiger partial charge in [0.05, 0.1) is 17.4 Å². The van der Waals surface area contributed by atoms with E-state index in [1.54, 1.807) is 22.0 Å². The molecule has 1 aromatic heterocycles. The second-order valence-electron chi connectivity index (χ2n) is 7.57. The van der Waals surface area contributed by atoms with E-state index in [2.05, 4.69) is 10.4 Å². The summed E-state index contributed by atoms with van der Waals surface area (Å²) >= 11 is 0. The van der Waals surface area contributed by atoms with Crippen LogP contribution >= 0.6 is 0 Å². The third-order valence-corrected chi connectivity index (χ3v) is 5.64. The molecule has 1 aliphatic carbocycles. The summed E-state index contributed by atoms with van der Waals surface area (Å²) in [7, 11) is 0. The summed E-state index contributed by atoms with van der Waals surface area (Å²) in [6.45, 7) is 2.23. The molecule has 1 saturated heterocycles. The molecule has 1 saturated carbocycles. The summed E-state index contributed by atoms with van der Waals surface area (Å²) in [4.78, 5) is 28.9. The first-order valence-corrected chi connectivity index (χ1v) is 10.2. The highest BCUT2D eigenvalue weighted by Crippen LogP contribution is 2.18. The second-order valence-corrected chi connectivity index (χ2v) is 7.57. The molecule has 0 unspecified atom stereocenters. The maximum absolute atomic E-state index is 12.8. The van der Waals surface area contributed by atoms with E-state index in [1.807, 2.05) is 35.2 Å². The normalized spacial score (nSPS) is 18.1. The molecule has 3 amide bonds. The van der Waals surface area contributed by atoms with Gasteiger partial charge in [-0.3, -0.25) is 4.79 Å². The third kappa shape index (κ3) is 4.18. The fourth-order valence-electron chi connectivity index (χ4n) is 3.96. The SMILES string of the molecule is O=C(NC1CCCCC1)N1CCN(C(=O)c2cnn(-c3ccccc3)c2)CC1. The molecule has 2 aromatic rings. The van der Waals surface area contributed by atoms with E-state index in [9.17, 15) is 9.59 Å². The smallest absolute Gasteiger partial charge is 0.317 e. The summed E-state index contributed by atoms with van der Waals surface area (Å²) in [5.74, 6) is -0.0329. The Balaban J connectivity index is 1.30. The molecule has 7 nitrogen and oxygen atoms in total. The molecule has 148 valence electrons. The Kier molecular flexibility index (Phi) is 5.60. The Morgan fingerprint density at radius 2 is 1.61 bits per heavy atom. The van der Waals surface area contributed by atoms with Gasteiger partial charge in [0.15, 0.2) is 0 Å². The van der Waals surface area contributed by atoms with Gasteiger partial charge in [-0.05, 0) is 25.0 Å². The highest BCUT2D eigenvalue weighted by Gasteiger charge is 2.27. The summed E-state index contributed by atoms with van der Waals surface area (Å²) in [5, 5.41) is 7.46. The van der Waals surface area contributed by atoms with E-state index in [0.29, 0.717) is 37.8 Å². The zero-order valence-electron chi connectivity index (χ0n) is 16.1. The van der Waals surface area contributed by atoms with Gasteiger partial charge >= 0.3 is 6.03 Å². The van der Waals surface area contributed by atoms with Crippen molar-refractivity contribution in [3.8, 4) is 5.69 Å². The molecule has 1 aliphatic heterocycles. The van der Waals surface area contributed by atoms with Gasteiger partial charge in [0.2, 0.25) is 0 Å². The molecule has 28 heavy (non-hydrogen) atoms. The van der Waals surface area contributed by atoms with Crippen LogP contribution in [0.4, 0.5) is 4.79 Å². The lowest BCUT2D eigenvalue weighted by molar-refractivity contribution is 0.0662. The van der Waals surface area contributed by atoms with Crippen LogP contribution in [0.1, 0.15) is 42.5 Å². The molecule has 2 heterocycles. The average Bonchev–Trinajstić information content (AvgIpc) is 3.25. The Bertz CT molecular complexity index is 805. The summed E-state index contributed by atoms with van der Waals surface area (Å²) in [6, 6.07) is 10.0. The van der Waals surface area contributed by atoms with Crippen LogP contribution in [-0.4, -0.2) is 63.7 Å². The van der Waals surface area contributed by atoms with Crippen molar-refractivity contribution in [2.45, 2.75) is 38.1 Å². The van der Waals surface area contributed by atoms with E-state index in [4.69, 9.17) is 0 Å². The van der Waals surface area contributed by atoms with Gasteiger partial charge in [0.1, 0.15) is 0 Å². The molecule has 7 heteroatoms. The number of carbonyl (C=O) groups excluding carboxylic acids is 2. The Morgan fingerprint density at radius 1 is 0.929 bits per heavy atom. The quantitative estimate of drug-likeness (QED) is 0.889. The number of amides is 3. The number of hydrogen-bond acceptors (Lipinski definition) is 3. The van der Waals surface area contributed by atoms with Gasteiger partial charge in [-0.25, -0.2) is 9.48 Å². The van der Waals surface area contributed by atoms with Crippen LogP contribution in [0.3, 0.4) is 0 Å². The van der Waals surface area contributed by atoms with Crippen LogP contribution < -0.4 is 5.32 Å². The summed E-state index contributed by atoms with van der Waals surface area (Å²) in [5.41, 5.74) is 1.50. The Labute approximate surface area is 165 Å². The van der Waals surface area contributed by atoms with Crippen molar-refractivity contribution in [1.82, 2.24) is 24.9 Å². The van der Waals surface area contributed by atoms with E-state index in [0.717, 1.165) is 18.5 Å². The molecule has 0 spiro atoms. The molecule has 1 aromatic carbocycles. The van der Waals surface area contributed by atoms with Gasteiger partial charge < -0.3 is 15.1 Å². The minimum atomic E-state index is -0.0329. The molecule has 0 radical (unpaired) electrons. The molecule has 1 N–H and O–H groups in total. The second kappa shape index (κ2) is 8.46. The molecule has 4 rings (SSSR count). The van der Waals surface area contributed by atoms with Crippen molar-refractivity contribution < 1.29 is 9.59 Å². The van der Waals surface area contributed by atoms with Crippen LogP contribution in [0.5, 0.6) is 0 Å². The van der Waals surface area contributed by atoms with Crippen LogP contribution in [0.15, 0.2) is 42.7 Å². The molecular weight excluding hydrogens is 354 g/mol. The van der Waals surface area contributed by atoms with Crippen LogP contribution in [0, 0.1) is 0 Å². The molecule has 0 bridgehead atoms. The summed E-state index contributed by atoms with van der Waals surface area (Å²) < 4.78 is 1.71. The lowest BCUT2D eigenvalue weighted by Crippen LogP contribution is -2.54.